The van der Waals surface area contributed by atoms with Gasteiger partial charge in [-0.3, -0.25) is 9.48 Å². The molecule has 2 atom stereocenters. The Kier molecular flexibility index (Phi) is 4.25. The van der Waals surface area contributed by atoms with Crippen molar-refractivity contribution in [1.82, 2.24) is 30.0 Å². The summed E-state index contributed by atoms with van der Waals surface area (Å²) in [5.41, 5.74) is 3.15. The van der Waals surface area contributed by atoms with Crippen LogP contribution in [0.15, 0.2) is 18.5 Å². The highest BCUT2D eigenvalue weighted by Gasteiger charge is 2.28. The van der Waals surface area contributed by atoms with E-state index in [2.05, 4.69) is 15.4 Å². The fraction of sp³-hybridized carbons (Fsp3) is 0.556. The van der Waals surface area contributed by atoms with Crippen LogP contribution in [0, 0.1) is 6.92 Å². The molecule has 7 heteroatoms. The molecule has 0 aliphatic carbocycles. The number of nitrogens with zero attached hydrogens (tertiary/aromatic N) is 5. The first-order valence-corrected chi connectivity index (χ1v) is 9.00. The molecule has 0 saturated carbocycles. The monoisotopic (exact) mass is 340 g/mol. The summed E-state index contributed by atoms with van der Waals surface area (Å²) in [5.74, 6) is 0.996. The molecule has 132 valence electrons. The Bertz CT molecular complexity index is 780. The first kappa shape index (κ1) is 16.2. The van der Waals surface area contributed by atoms with Gasteiger partial charge in [-0.25, -0.2) is 9.97 Å². The summed E-state index contributed by atoms with van der Waals surface area (Å²) in [6.45, 7) is 6.19. The van der Waals surface area contributed by atoms with E-state index in [-0.39, 0.29) is 18.0 Å². The average Bonchev–Trinajstić information content (AvgIpc) is 3.31. The van der Waals surface area contributed by atoms with E-state index in [1.54, 1.807) is 10.9 Å². The Balaban J connectivity index is 1.49. The average molecular weight is 340 g/mol. The molecule has 0 spiro atoms. The van der Waals surface area contributed by atoms with Crippen LogP contribution in [0.3, 0.4) is 0 Å². The molecule has 0 unspecified atom stereocenters. The summed E-state index contributed by atoms with van der Waals surface area (Å²) in [5, 5.41) is 7.71. The summed E-state index contributed by atoms with van der Waals surface area (Å²) in [4.78, 5) is 24.1. The van der Waals surface area contributed by atoms with Crippen molar-refractivity contribution in [3.05, 3.63) is 41.2 Å². The van der Waals surface area contributed by atoms with Crippen LogP contribution in [0.2, 0.25) is 0 Å². The Labute approximate surface area is 147 Å². The molecule has 1 N–H and O–H groups in total. The number of aromatic nitrogens is 4. The van der Waals surface area contributed by atoms with Gasteiger partial charge < -0.3 is 10.2 Å². The predicted molar refractivity (Wildman–Crippen MR) is 92.8 cm³/mol. The van der Waals surface area contributed by atoms with Crippen molar-refractivity contribution in [2.45, 2.75) is 51.7 Å². The maximum absolute atomic E-state index is 12.8. The van der Waals surface area contributed by atoms with Crippen molar-refractivity contribution in [1.29, 1.82) is 0 Å². The number of fused-ring (bicyclic) bond motifs is 1. The lowest BCUT2D eigenvalue weighted by Gasteiger charge is -2.31. The first-order valence-electron chi connectivity index (χ1n) is 9.00. The fourth-order valence-electron chi connectivity index (χ4n) is 3.75. The number of hydrogen-bond donors (Lipinski definition) is 1. The van der Waals surface area contributed by atoms with E-state index in [0.29, 0.717) is 13.1 Å². The van der Waals surface area contributed by atoms with Crippen molar-refractivity contribution in [2.24, 2.45) is 0 Å². The van der Waals surface area contributed by atoms with E-state index in [1.807, 2.05) is 31.0 Å². The number of aryl methyl sites for hydroxylation is 1. The molecule has 2 aliphatic rings. The molecule has 7 nitrogen and oxygen atoms in total. The van der Waals surface area contributed by atoms with Gasteiger partial charge in [0.25, 0.3) is 0 Å². The second-order valence-corrected chi connectivity index (χ2v) is 6.95. The van der Waals surface area contributed by atoms with E-state index in [1.165, 1.54) is 6.42 Å². The smallest absolute Gasteiger partial charge is 0.247 e. The van der Waals surface area contributed by atoms with Crippen LogP contribution in [-0.2, 0) is 17.8 Å². The van der Waals surface area contributed by atoms with Crippen LogP contribution >= 0.6 is 0 Å². The second-order valence-electron chi connectivity index (χ2n) is 6.95. The largest absolute Gasteiger partial charge is 0.336 e. The number of carbonyl (C=O) groups is 1. The zero-order valence-electron chi connectivity index (χ0n) is 14.8. The molecule has 1 amide bonds. The molecule has 4 heterocycles. The molecule has 1 saturated heterocycles. The van der Waals surface area contributed by atoms with Gasteiger partial charge >= 0.3 is 0 Å². The van der Waals surface area contributed by atoms with Gasteiger partial charge in [0.2, 0.25) is 5.91 Å². The summed E-state index contributed by atoms with van der Waals surface area (Å²) < 4.78 is 1.78. The summed E-state index contributed by atoms with van der Waals surface area (Å²) in [7, 11) is 0. The predicted octanol–water partition coefficient (Wildman–Crippen LogP) is 1.55. The van der Waals surface area contributed by atoms with Crippen LogP contribution in [-0.4, -0.2) is 43.6 Å². The third-order valence-corrected chi connectivity index (χ3v) is 5.23. The lowest BCUT2D eigenvalue weighted by Crippen LogP contribution is -2.40. The van der Waals surface area contributed by atoms with E-state index >= 15 is 0 Å². The SMILES string of the molecule is Cc1ccnn1[C@H](C)C(=O)N1CCc2nc([C@H]3CCCN3)ncc2C1. The highest BCUT2D eigenvalue weighted by atomic mass is 16.2. The highest BCUT2D eigenvalue weighted by molar-refractivity contribution is 5.80. The third-order valence-electron chi connectivity index (χ3n) is 5.23. The van der Waals surface area contributed by atoms with Gasteiger partial charge in [0.1, 0.15) is 11.9 Å². The van der Waals surface area contributed by atoms with Crippen molar-refractivity contribution in [3.63, 3.8) is 0 Å². The van der Waals surface area contributed by atoms with E-state index < -0.39 is 0 Å². The third kappa shape index (κ3) is 3.04. The highest BCUT2D eigenvalue weighted by Crippen LogP contribution is 2.24. The van der Waals surface area contributed by atoms with Crippen molar-refractivity contribution in [2.75, 3.05) is 13.1 Å². The molecule has 4 rings (SSSR count). The zero-order valence-corrected chi connectivity index (χ0v) is 14.8. The van der Waals surface area contributed by atoms with Crippen LogP contribution in [0.5, 0.6) is 0 Å². The Morgan fingerprint density at radius 1 is 1.44 bits per heavy atom. The van der Waals surface area contributed by atoms with E-state index in [0.717, 1.165) is 42.2 Å². The maximum Gasteiger partial charge on any atom is 0.247 e. The summed E-state index contributed by atoms with van der Waals surface area (Å²) in [6.07, 6.45) is 6.70. The summed E-state index contributed by atoms with van der Waals surface area (Å²) in [6, 6.07) is 1.91. The molecule has 2 aliphatic heterocycles. The molecular weight excluding hydrogens is 316 g/mol. The maximum atomic E-state index is 12.8. The normalized spacial score (nSPS) is 21.2. The molecule has 0 aromatic carbocycles. The van der Waals surface area contributed by atoms with Gasteiger partial charge in [-0.15, -0.1) is 0 Å². The van der Waals surface area contributed by atoms with Crippen LogP contribution in [0.4, 0.5) is 0 Å². The van der Waals surface area contributed by atoms with Crippen molar-refractivity contribution < 1.29 is 4.79 Å². The second kappa shape index (κ2) is 6.55. The number of amides is 1. The van der Waals surface area contributed by atoms with Gasteiger partial charge in [0, 0.05) is 43.2 Å². The molecular formula is C18H24N6O. The molecule has 2 aromatic heterocycles. The molecule has 0 radical (unpaired) electrons. The minimum atomic E-state index is -0.292. The lowest BCUT2D eigenvalue weighted by atomic mass is 10.1. The van der Waals surface area contributed by atoms with Crippen LogP contribution in [0.25, 0.3) is 0 Å². The number of nitrogens with one attached hydrogen (secondary N) is 1. The molecule has 25 heavy (non-hydrogen) atoms. The number of carbonyl (C=O) groups excluding carboxylic acids is 1. The number of hydrogen-bond acceptors (Lipinski definition) is 5. The van der Waals surface area contributed by atoms with Crippen LogP contribution < -0.4 is 5.32 Å². The quantitative estimate of drug-likeness (QED) is 0.917. The van der Waals surface area contributed by atoms with Gasteiger partial charge in [0.15, 0.2) is 0 Å². The lowest BCUT2D eigenvalue weighted by molar-refractivity contribution is -0.135. The van der Waals surface area contributed by atoms with Crippen molar-refractivity contribution >= 4 is 5.91 Å². The Hall–Kier alpha value is -2.28. The van der Waals surface area contributed by atoms with Gasteiger partial charge in [0.05, 0.1) is 11.7 Å². The fourth-order valence-corrected chi connectivity index (χ4v) is 3.75. The minimum Gasteiger partial charge on any atom is -0.336 e. The summed E-state index contributed by atoms with van der Waals surface area (Å²) >= 11 is 0. The molecule has 0 bridgehead atoms. The molecule has 2 aromatic rings. The Morgan fingerprint density at radius 3 is 3.04 bits per heavy atom. The zero-order chi connectivity index (χ0) is 17.4. The van der Waals surface area contributed by atoms with Crippen LogP contribution in [0.1, 0.15) is 54.6 Å². The standard InChI is InChI=1S/C18H24N6O/c1-12-5-8-21-24(12)13(2)18(25)23-9-6-15-14(11-23)10-20-17(22-15)16-4-3-7-19-16/h5,8,10,13,16,19H,3-4,6-7,9,11H2,1-2H3/t13-,16-/m1/s1. The van der Waals surface area contributed by atoms with Crippen molar-refractivity contribution in [3.8, 4) is 0 Å². The topological polar surface area (TPSA) is 75.9 Å². The van der Waals surface area contributed by atoms with E-state index in [4.69, 9.17) is 4.98 Å². The van der Waals surface area contributed by atoms with Gasteiger partial charge in [-0.05, 0) is 39.3 Å². The minimum absolute atomic E-state index is 0.0963. The Morgan fingerprint density at radius 2 is 2.32 bits per heavy atom. The first-order chi connectivity index (χ1) is 12.1. The van der Waals surface area contributed by atoms with E-state index in [9.17, 15) is 4.79 Å². The molecule has 1 fully saturated rings. The number of rotatable bonds is 3. The van der Waals surface area contributed by atoms with Gasteiger partial charge in [-0.1, -0.05) is 0 Å². The van der Waals surface area contributed by atoms with Gasteiger partial charge in [-0.2, -0.15) is 5.10 Å².